The van der Waals surface area contributed by atoms with Gasteiger partial charge in [-0.25, -0.2) is 0 Å². The van der Waals surface area contributed by atoms with Gasteiger partial charge in [-0.2, -0.15) is 0 Å². The Morgan fingerprint density at radius 3 is 2.81 bits per heavy atom. The molecule has 0 spiro atoms. The summed E-state index contributed by atoms with van der Waals surface area (Å²) in [6.07, 6.45) is 0. The standard InChI is InChI=1S/C12H12ClNO2/c1-15-7-9-3-5-12(16-9)10-4-2-8(13)6-11(10)14/h2-6H,7,14H2,1H3. The Morgan fingerprint density at radius 1 is 1.31 bits per heavy atom. The van der Waals surface area contributed by atoms with E-state index in [1.54, 1.807) is 19.2 Å². The molecule has 0 unspecified atom stereocenters. The predicted octanol–water partition coefficient (Wildman–Crippen LogP) is 3.33. The number of hydrogen-bond acceptors (Lipinski definition) is 3. The maximum absolute atomic E-state index is 5.86. The van der Waals surface area contributed by atoms with Crippen molar-refractivity contribution in [2.75, 3.05) is 12.8 Å². The zero-order valence-electron chi connectivity index (χ0n) is 8.87. The minimum Gasteiger partial charge on any atom is -0.459 e. The second-order valence-corrected chi connectivity index (χ2v) is 3.87. The van der Waals surface area contributed by atoms with Crippen molar-refractivity contribution in [3.63, 3.8) is 0 Å². The van der Waals surface area contributed by atoms with E-state index in [9.17, 15) is 0 Å². The molecular formula is C12H12ClNO2. The number of rotatable bonds is 3. The SMILES string of the molecule is COCc1ccc(-c2ccc(Cl)cc2N)o1. The molecule has 0 aliphatic rings. The number of nitrogen functional groups attached to an aromatic ring is 1. The number of nitrogens with two attached hydrogens (primary N) is 1. The molecule has 16 heavy (non-hydrogen) atoms. The number of ether oxygens (including phenoxy) is 1. The molecule has 1 aromatic heterocycles. The molecule has 0 radical (unpaired) electrons. The summed E-state index contributed by atoms with van der Waals surface area (Å²) in [6, 6.07) is 9.06. The maximum Gasteiger partial charge on any atom is 0.136 e. The number of anilines is 1. The first-order valence-corrected chi connectivity index (χ1v) is 5.21. The quantitative estimate of drug-likeness (QED) is 0.833. The summed E-state index contributed by atoms with van der Waals surface area (Å²) in [5.41, 5.74) is 7.30. The van der Waals surface area contributed by atoms with Gasteiger partial charge in [0.2, 0.25) is 0 Å². The van der Waals surface area contributed by atoms with E-state index in [2.05, 4.69) is 0 Å². The summed E-state index contributed by atoms with van der Waals surface area (Å²) in [6.45, 7) is 0.452. The van der Waals surface area contributed by atoms with Gasteiger partial charge in [0.25, 0.3) is 0 Å². The third-order valence-corrected chi connectivity index (χ3v) is 2.46. The molecule has 0 amide bonds. The van der Waals surface area contributed by atoms with Crippen LogP contribution in [0.1, 0.15) is 5.76 Å². The Bertz CT molecular complexity index is 494. The molecule has 0 atom stereocenters. The van der Waals surface area contributed by atoms with E-state index in [0.29, 0.717) is 17.3 Å². The van der Waals surface area contributed by atoms with Crippen LogP contribution in [0.4, 0.5) is 5.69 Å². The molecule has 84 valence electrons. The summed E-state index contributed by atoms with van der Waals surface area (Å²) in [5, 5.41) is 0.616. The van der Waals surface area contributed by atoms with Crippen LogP contribution in [0.2, 0.25) is 5.02 Å². The van der Waals surface area contributed by atoms with Crippen LogP contribution in [-0.4, -0.2) is 7.11 Å². The lowest BCUT2D eigenvalue weighted by molar-refractivity contribution is 0.165. The van der Waals surface area contributed by atoms with E-state index in [1.165, 1.54) is 0 Å². The lowest BCUT2D eigenvalue weighted by atomic mass is 10.1. The minimum absolute atomic E-state index is 0.452. The van der Waals surface area contributed by atoms with Gasteiger partial charge in [0.15, 0.2) is 0 Å². The number of methoxy groups -OCH3 is 1. The Balaban J connectivity index is 2.35. The molecule has 0 aliphatic heterocycles. The average molecular weight is 238 g/mol. The number of halogens is 1. The van der Waals surface area contributed by atoms with Gasteiger partial charge in [0.1, 0.15) is 18.1 Å². The van der Waals surface area contributed by atoms with Crippen molar-refractivity contribution in [2.24, 2.45) is 0 Å². The lowest BCUT2D eigenvalue weighted by Crippen LogP contribution is -1.88. The van der Waals surface area contributed by atoms with Crippen LogP contribution < -0.4 is 5.73 Å². The molecule has 3 nitrogen and oxygen atoms in total. The van der Waals surface area contributed by atoms with E-state index < -0.39 is 0 Å². The molecule has 0 saturated heterocycles. The topological polar surface area (TPSA) is 48.4 Å². The highest BCUT2D eigenvalue weighted by Gasteiger charge is 2.08. The number of benzene rings is 1. The first-order valence-electron chi connectivity index (χ1n) is 4.84. The average Bonchev–Trinajstić information content (AvgIpc) is 2.67. The summed E-state index contributed by atoms with van der Waals surface area (Å²) in [4.78, 5) is 0. The molecule has 0 fully saturated rings. The molecule has 2 N–H and O–H groups in total. The van der Waals surface area contributed by atoms with Crippen LogP contribution in [-0.2, 0) is 11.3 Å². The second-order valence-electron chi connectivity index (χ2n) is 3.43. The molecule has 2 rings (SSSR count). The van der Waals surface area contributed by atoms with Gasteiger partial charge in [-0.05, 0) is 30.3 Å². The molecule has 2 aromatic rings. The largest absolute Gasteiger partial charge is 0.459 e. The van der Waals surface area contributed by atoms with Gasteiger partial charge in [-0.15, -0.1) is 0 Å². The number of hydrogen-bond donors (Lipinski definition) is 1. The zero-order chi connectivity index (χ0) is 11.5. The summed E-state index contributed by atoms with van der Waals surface area (Å²) in [7, 11) is 1.62. The van der Waals surface area contributed by atoms with E-state index in [1.807, 2.05) is 18.2 Å². The molecule has 0 saturated carbocycles. The van der Waals surface area contributed by atoms with E-state index >= 15 is 0 Å². The molecule has 4 heteroatoms. The maximum atomic E-state index is 5.86. The van der Waals surface area contributed by atoms with Crippen LogP contribution in [0.25, 0.3) is 11.3 Å². The van der Waals surface area contributed by atoms with Crippen molar-refractivity contribution < 1.29 is 9.15 Å². The van der Waals surface area contributed by atoms with E-state index in [-0.39, 0.29) is 0 Å². The Kier molecular flexibility index (Phi) is 3.17. The van der Waals surface area contributed by atoms with Gasteiger partial charge < -0.3 is 14.9 Å². The van der Waals surface area contributed by atoms with Crippen LogP contribution in [0.15, 0.2) is 34.7 Å². The summed E-state index contributed by atoms with van der Waals surface area (Å²) < 4.78 is 10.6. The van der Waals surface area contributed by atoms with Crippen molar-refractivity contribution in [1.82, 2.24) is 0 Å². The highest BCUT2D eigenvalue weighted by atomic mass is 35.5. The van der Waals surface area contributed by atoms with Crippen molar-refractivity contribution in [1.29, 1.82) is 0 Å². The van der Waals surface area contributed by atoms with Gasteiger partial charge in [-0.1, -0.05) is 11.6 Å². The smallest absolute Gasteiger partial charge is 0.136 e. The second kappa shape index (κ2) is 4.60. The monoisotopic (exact) mass is 237 g/mol. The minimum atomic E-state index is 0.452. The lowest BCUT2D eigenvalue weighted by Gasteiger charge is -2.02. The first kappa shape index (κ1) is 11.0. The fourth-order valence-corrected chi connectivity index (χ4v) is 1.68. The van der Waals surface area contributed by atoms with Crippen LogP contribution >= 0.6 is 11.6 Å². The van der Waals surface area contributed by atoms with Gasteiger partial charge in [-0.3, -0.25) is 0 Å². The fraction of sp³-hybridized carbons (Fsp3) is 0.167. The summed E-state index contributed by atoms with van der Waals surface area (Å²) >= 11 is 5.83. The normalized spacial score (nSPS) is 10.6. The van der Waals surface area contributed by atoms with Crippen LogP contribution in [0, 0.1) is 0 Å². The molecule has 1 heterocycles. The zero-order valence-corrected chi connectivity index (χ0v) is 9.62. The van der Waals surface area contributed by atoms with Crippen LogP contribution in [0.5, 0.6) is 0 Å². The van der Waals surface area contributed by atoms with Gasteiger partial charge >= 0.3 is 0 Å². The van der Waals surface area contributed by atoms with Crippen molar-refractivity contribution >= 4 is 17.3 Å². The summed E-state index contributed by atoms with van der Waals surface area (Å²) in [5.74, 6) is 1.49. The third kappa shape index (κ3) is 2.21. The molecule has 0 bridgehead atoms. The van der Waals surface area contributed by atoms with Crippen molar-refractivity contribution in [3.05, 3.63) is 41.1 Å². The highest BCUT2D eigenvalue weighted by Crippen LogP contribution is 2.29. The predicted molar refractivity (Wildman–Crippen MR) is 64.3 cm³/mol. The first-order chi connectivity index (χ1) is 7.70. The Labute approximate surface area is 98.8 Å². The Hall–Kier alpha value is -1.45. The van der Waals surface area contributed by atoms with Gasteiger partial charge in [0, 0.05) is 23.4 Å². The molecule has 0 aliphatic carbocycles. The third-order valence-electron chi connectivity index (χ3n) is 2.23. The molecular weight excluding hydrogens is 226 g/mol. The van der Waals surface area contributed by atoms with E-state index in [0.717, 1.165) is 17.1 Å². The van der Waals surface area contributed by atoms with Crippen LogP contribution in [0.3, 0.4) is 0 Å². The highest BCUT2D eigenvalue weighted by molar-refractivity contribution is 6.31. The van der Waals surface area contributed by atoms with Gasteiger partial charge in [0.05, 0.1) is 0 Å². The van der Waals surface area contributed by atoms with E-state index in [4.69, 9.17) is 26.5 Å². The van der Waals surface area contributed by atoms with Crippen molar-refractivity contribution in [2.45, 2.75) is 6.61 Å². The van der Waals surface area contributed by atoms with Crippen molar-refractivity contribution in [3.8, 4) is 11.3 Å². The molecule has 1 aromatic carbocycles. The Morgan fingerprint density at radius 2 is 2.12 bits per heavy atom. The fourth-order valence-electron chi connectivity index (χ4n) is 1.50. The number of furan rings is 1.